The summed E-state index contributed by atoms with van der Waals surface area (Å²) in [4.78, 5) is 0. The fourth-order valence-corrected chi connectivity index (χ4v) is 0.720. The van der Waals surface area contributed by atoms with Gasteiger partial charge < -0.3 is 0 Å². The highest BCUT2D eigenvalue weighted by Crippen LogP contribution is 2.05. The summed E-state index contributed by atoms with van der Waals surface area (Å²) in [5, 5.41) is 0. The van der Waals surface area contributed by atoms with Crippen LogP contribution in [-0.4, -0.2) is 0 Å². The van der Waals surface area contributed by atoms with Gasteiger partial charge in [0.1, 0.15) is 0 Å². The molecular formula is C6H8BrF3. The van der Waals surface area contributed by atoms with E-state index in [0.29, 0.717) is 0 Å². The van der Waals surface area contributed by atoms with Crippen LogP contribution in [0.4, 0.5) is 14.1 Å². The van der Waals surface area contributed by atoms with Gasteiger partial charge in [-0.15, -0.1) is 0 Å². The van der Waals surface area contributed by atoms with Crippen molar-refractivity contribution in [1.29, 1.82) is 0 Å². The Morgan fingerprint density at radius 3 is 1.40 bits per heavy atom. The molecule has 0 fully saturated rings. The number of benzene rings is 1. The summed E-state index contributed by atoms with van der Waals surface area (Å²) in [7, 11) is 0. The maximum atomic E-state index is 3.31. The van der Waals surface area contributed by atoms with Gasteiger partial charge in [0.05, 0.1) is 0 Å². The Bertz CT molecular complexity index is 143. The van der Waals surface area contributed by atoms with Crippen molar-refractivity contribution in [2.45, 2.75) is 0 Å². The van der Waals surface area contributed by atoms with Crippen LogP contribution in [0.1, 0.15) is 0 Å². The van der Waals surface area contributed by atoms with E-state index in [0.717, 1.165) is 4.47 Å². The first-order valence-corrected chi connectivity index (χ1v) is 2.89. The fourth-order valence-electron chi connectivity index (χ4n) is 0.415. The Hall–Kier alpha value is -0.510. The number of rotatable bonds is 0. The van der Waals surface area contributed by atoms with Crippen LogP contribution >= 0.6 is 15.9 Å². The van der Waals surface area contributed by atoms with Crippen molar-refractivity contribution >= 4 is 15.9 Å². The lowest BCUT2D eigenvalue weighted by Crippen LogP contribution is -1.55. The van der Waals surface area contributed by atoms with Gasteiger partial charge in [0.2, 0.25) is 0 Å². The minimum atomic E-state index is 0. The van der Waals surface area contributed by atoms with Gasteiger partial charge in [0, 0.05) is 4.47 Å². The average molecular weight is 217 g/mol. The second-order valence-corrected chi connectivity index (χ2v) is 2.21. The van der Waals surface area contributed by atoms with Crippen molar-refractivity contribution in [2.24, 2.45) is 0 Å². The molecule has 0 amide bonds. The SMILES string of the molecule is Brc1ccccc1.F.F.F. The lowest BCUT2D eigenvalue weighted by atomic mass is 10.4. The zero-order chi connectivity index (χ0) is 5.11. The first-order valence-electron chi connectivity index (χ1n) is 2.10. The quantitative estimate of drug-likeness (QED) is 0.626. The summed E-state index contributed by atoms with van der Waals surface area (Å²) in [6.45, 7) is 0. The second kappa shape index (κ2) is 8.49. The number of hydrogen-bond donors (Lipinski definition) is 0. The van der Waals surface area contributed by atoms with E-state index in [1.54, 1.807) is 0 Å². The lowest BCUT2D eigenvalue weighted by Gasteiger charge is -1.80. The minimum absolute atomic E-state index is 0. The first-order chi connectivity index (χ1) is 3.39. The molecule has 0 N–H and O–H groups in total. The largest absolute Gasteiger partial charge is 0.269 e. The van der Waals surface area contributed by atoms with E-state index in [-0.39, 0.29) is 14.1 Å². The molecule has 0 radical (unpaired) electrons. The van der Waals surface area contributed by atoms with Crippen LogP contribution in [0, 0.1) is 0 Å². The molecule has 0 spiro atoms. The van der Waals surface area contributed by atoms with Gasteiger partial charge in [-0.1, -0.05) is 34.1 Å². The zero-order valence-electron chi connectivity index (χ0n) is 4.99. The highest BCUT2D eigenvalue weighted by Gasteiger charge is 1.74. The predicted octanol–water partition coefficient (Wildman–Crippen LogP) is 2.91. The predicted molar refractivity (Wildman–Crippen MR) is 41.7 cm³/mol. The van der Waals surface area contributed by atoms with Crippen LogP contribution in [0.2, 0.25) is 0 Å². The third kappa shape index (κ3) is 5.62. The summed E-state index contributed by atoms with van der Waals surface area (Å²) in [6.07, 6.45) is 0. The van der Waals surface area contributed by atoms with Gasteiger partial charge in [0.15, 0.2) is 0 Å². The standard InChI is InChI=1S/C6H5Br.3FH/c7-6-4-2-1-3-5-6;;;/h1-5H;3*1H. The highest BCUT2D eigenvalue weighted by molar-refractivity contribution is 9.10. The number of hydrogen-bond acceptors (Lipinski definition) is 0. The van der Waals surface area contributed by atoms with E-state index in [2.05, 4.69) is 15.9 Å². The van der Waals surface area contributed by atoms with Crippen LogP contribution in [0.25, 0.3) is 0 Å². The van der Waals surface area contributed by atoms with Crippen LogP contribution in [0.5, 0.6) is 0 Å². The Labute approximate surface area is 65.5 Å². The topological polar surface area (TPSA) is 0 Å². The summed E-state index contributed by atoms with van der Waals surface area (Å²) in [5.41, 5.74) is 0. The van der Waals surface area contributed by atoms with Crippen molar-refractivity contribution in [3.8, 4) is 0 Å². The van der Waals surface area contributed by atoms with Gasteiger partial charge >= 0.3 is 0 Å². The average Bonchev–Trinajstić information content (AvgIpc) is 1.69. The summed E-state index contributed by atoms with van der Waals surface area (Å²) < 4.78 is 1.13. The minimum Gasteiger partial charge on any atom is -0.269 e. The monoisotopic (exact) mass is 216 g/mol. The molecule has 0 atom stereocenters. The third-order valence-corrected chi connectivity index (χ3v) is 1.26. The summed E-state index contributed by atoms with van der Waals surface area (Å²) >= 11 is 3.31. The molecular weight excluding hydrogens is 209 g/mol. The molecule has 1 aromatic rings. The maximum Gasteiger partial charge on any atom is 0.0175 e. The normalized spacial score (nSPS) is 6.10. The van der Waals surface area contributed by atoms with Gasteiger partial charge in [0.25, 0.3) is 0 Å². The van der Waals surface area contributed by atoms with E-state index in [9.17, 15) is 0 Å². The highest BCUT2D eigenvalue weighted by atomic mass is 79.9. The van der Waals surface area contributed by atoms with E-state index in [1.807, 2.05) is 30.3 Å². The van der Waals surface area contributed by atoms with Crippen molar-refractivity contribution in [3.05, 3.63) is 34.8 Å². The molecule has 1 rings (SSSR count). The molecule has 0 nitrogen and oxygen atoms in total. The Morgan fingerprint density at radius 2 is 1.20 bits per heavy atom. The summed E-state index contributed by atoms with van der Waals surface area (Å²) in [5.74, 6) is 0. The molecule has 10 heavy (non-hydrogen) atoms. The Morgan fingerprint density at radius 1 is 0.800 bits per heavy atom. The van der Waals surface area contributed by atoms with Gasteiger partial charge in [-0.2, -0.15) is 0 Å². The van der Waals surface area contributed by atoms with E-state index < -0.39 is 0 Å². The Kier molecular flexibility index (Phi) is 13.8. The smallest absolute Gasteiger partial charge is 0.0175 e. The molecule has 1 aromatic carbocycles. The molecule has 0 saturated heterocycles. The van der Waals surface area contributed by atoms with E-state index in [4.69, 9.17) is 0 Å². The van der Waals surface area contributed by atoms with Crippen molar-refractivity contribution < 1.29 is 14.1 Å². The molecule has 0 aromatic heterocycles. The third-order valence-electron chi connectivity index (χ3n) is 0.733. The molecule has 0 bridgehead atoms. The fraction of sp³-hybridized carbons (Fsp3) is 0. The van der Waals surface area contributed by atoms with Crippen LogP contribution < -0.4 is 0 Å². The molecule has 0 aliphatic rings. The van der Waals surface area contributed by atoms with Crippen molar-refractivity contribution in [3.63, 3.8) is 0 Å². The maximum absolute atomic E-state index is 3.31. The lowest BCUT2D eigenvalue weighted by molar-refractivity contribution is 1.11. The first kappa shape index (κ1) is 16.2. The Balaban J connectivity index is -0.000000163. The molecule has 60 valence electrons. The molecule has 0 unspecified atom stereocenters. The van der Waals surface area contributed by atoms with Crippen LogP contribution in [-0.2, 0) is 0 Å². The van der Waals surface area contributed by atoms with Crippen LogP contribution in [0.15, 0.2) is 34.8 Å². The van der Waals surface area contributed by atoms with Crippen LogP contribution in [0.3, 0.4) is 0 Å². The van der Waals surface area contributed by atoms with E-state index >= 15 is 0 Å². The van der Waals surface area contributed by atoms with Gasteiger partial charge in [-0.3, -0.25) is 14.1 Å². The van der Waals surface area contributed by atoms with Gasteiger partial charge in [-0.25, -0.2) is 0 Å². The van der Waals surface area contributed by atoms with Gasteiger partial charge in [-0.05, 0) is 12.1 Å². The van der Waals surface area contributed by atoms with E-state index in [1.165, 1.54) is 0 Å². The number of halogens is 4. The molecule has 0 aliphatic carbocycles. The van der Waals surface area contributed by atoms with Crippen molar-refractivity contribution in [1.82, 2.24) is 0 Å². The second-order valence-electron chi connectivity index (χ2n) is 1.30. The molecule has 0 heterocycles. The zero-order valence-corrected chi connectivity index (χ0v) is 6.58. The molecule has 0 aliphatic heterocycles. The molecule has 0 saturated carbocycles. The summed E-state index contributed by atoms with van der Waals surface area (Å²) in [6, 6.07) is 9.97. The van der Waals surface area contributed by atoms with Crippen molar-refractivity contribution in [2.75, 3.05) is 0 Å². The molecule has 4 heteroatoms.